The number of hydrogen-bond donors (Lipinski definition) is 3. The molecular weight excluding hydrogens is 238 g/mol. The largest absolute Gasteiger partial charge is 0.327 e. The van der Waals surface area contributed by atoms with Crippen molar-refractivity contribution in [3.63, 3.8) is 0 Å². The lowest BCUT2D eigenvalue weighted by atomic mass is 9.54. The summed E-state index contributed by atoms with van der Waals surface area (Å²) in [6.07, 6.45) is 7.02. The van der Waals surface area contributed by atoms with Crippen LogP contribution >= 0.6 is 0 Å². The second-order valence-electron chi connectivity index (χ2n) is 7.02. The summed E-state index contributed by atoms with van der Waals surface area (Å²) in [5.74, 6) is 1.95. The molecule has 3 saturated carbocycles. The number of nitrogens with two attached hydrogens (primary N) is 1. The first-order valence-electron chi connectivity index (χ1n) is 8.03. The van der Waals surface area contributed by atoms with Gasteiger partial charge in [-0.1, -0.05) is 12.8 Å². The van der Waals surface area contributed by atoms with Crippen LogP contribution in [0.3, 0.4) is 0 Å². The van der Waals surface area contributed by atoms with Crippen molar-refractivity contribution in [2.75, 3.05) is 6.67 Å². The van der Waals surface area contributed by atoms with Gasteiger partial charge in [0.1, 0.15) is 5.78 Å². The zero-order valence-electron chi connectivity index (χ0n) is 11.5. The molecule has 0 amide bonds. The fourth-order valence-corrected chi connectivity index (χ4v) is 5.46. The first-order chi connectivity index (χ1) is 9.27. The van der Waals surface area contributed by atoms with E-state index in [9.17, 15) is 4.79 Å². The van der Waals surface area contributed by atoms with Gasteiger partial charge in [-0.05, 0) is 31.6 Å². The van der Waals surface area contributed by atoms with Gasteiger partial charge < -0.3 is 16.4 Å². The van der Waals surface area contributed by atoms with E-state index in [4.69, 9.17) is 5.73 Å². The summed E-state index contributed by atoms with van der Waals surface area (Å²) >= 11 is 0. The minimum absolute atomic E-state index is 0.0980. The van der Waals surface area contributed by atoms with E-state index in [0.717, 1.165) is 25.9 Å². The molecule has 106 valence electrons. The van der Waals surface area contributed by atoms with Crippen molar-refractivity contribution < 1.29 is 4.79 Å². The Hall–Kier alpha value is -0.450. The molecule has 4 fully saturated rings. The normalized spacial score (nSPS) is 53.3. The van der Waals surface area contributed by atoms with Gasteiger partial charge in [-0.3, -0.25) is 4.79 Å². The van der Waals surface area contributed by atoms with E-state index in [-0.39, 0.29) is 12.0 Å². The molecule has 19 heavy (non-hydrogen) atoms. The standard InChI is InChI=1S/C15H25N3O/c16-10-5-6-11-13-12(10)15(19)9-4-2-1-3-8(9)14(13)18-7-17-11/h8-14,17-18H,1-7,16H2. The van der Waals surface area contributed by atoms with E-state index in [0.29, 0.717) is 35.6 Å². The number of carbonyl (C=O) groups excluding carboxylic acids is 1. The fourth-order valence-electron chi connectivity index (χ4n) is 5.46. The van der Waals surface area contributed by atoms with Crippen molar-refractivity contribution in [2.24, 2.45) is 29.4 Å². The third-order valence-electron chi connectivity index (χ3n) is 6.24. The first kappa shape index (κ1) is 12.3. The molecule has 1 aliphatic heterocycles. The second-order valence-corrected chi connectivity index (χ2v) is 7.02. The molecule has 3 aliphatic carbocycles. The lowest BCUT2D eigenvalue weighted by molar-refractivity contribution is -0.144. The number of fused-ring (bicyclic) bond motifs is 2. The predicted molar refractivity (Wildman–Crippen MR) is 73.4 cm³/mol. The number of Topliss-reactive ketones (excluding diaryl/α,β-unsaturated/α-hetero) is 1. The average Bonchev–Trinajstić information content (AvgIpc) is 2.45. The summed E-state index contributed by atoms with van der Waals surface area (Å²) < 4.78 is 0. The minimum Gasteiger partial charge on any atom is -0.327 e. The molecule has 7 atom stereocenters. The van der Waals surface area contributed by atoms with E-state index < -0.39 is 0 Å². The highest BCUT2D eigenvalue weighted by Gasteiger charge is 2.56. The zero-order valence-corrected chi connectivity index (χ0v) is 11.5. The number of hydrogen-bond acceptors (Lipinski definition) is 4. The van der Waals surface area contributed by atoms with Gasteiger partial charge in [-0.25, -0.2) is 0 Å². The van der Waals surface area contributed by atoms with Crippen LogP contribution in [0.15, 0.2) is 0 Å². The Morgan fingerprint density at radius 3 is 2.79 bits per heavy atom. The smallest absolute Gasteiger partial charge is 0.141 e. The Bertz CT molecular complexity index is 386. The molecule has 4 N–H and O–H groups in total. The molecule has 0 radical (unpaired) electrons. The number of rotatable bonds is 0. The maximum absolute atomic E-state index is 12.9. The Kier molecular flexibility index (Phi) is 2.94. The van der Waals surface area contributed by atoms with E-state index in [1.807, 2.05) is 0 Å². The van der Waals surface area contributed by atoms with Crippen molar-refractivity contribution in [3.05, 3.63) is 0 Å². The topological polar surface area (TPSA) is 67.2 Å². The highest BCUT2D eigenvalue weighted by Crippen LogP contribution is 2.48. The molecule has 0 aromatic rings. The predicted octanol–water partition coefficient (Wildman–Crippen LogP) is 0.616. The van der Waals surface area contributed by atoms with Crippen molar-refractivity contribution in [2.45, 2.75) is 56.7 Å². The molecular formula is C15H25N3O. The van der Waals surface area contributed by atoms with E-state index >= 15 is 0 Å². The van der Waals surface area contributed by atoms with Gasteiger partial charge in [-0.15, -0.1) is 0 Å². The number of carbonyl (C=O) groups is 1. The van der Waals surface area contributed by atoms with Gasteiger partial charge in [0.25, 0.3) is 0 Å². The Labute approximate surface area is 114 Å². The van der Waals surface area contributed by atoms with Gasteiger partial charge in [0, 0.05) is 42.5 Å². The molecule has 4 rings (SSSR count). The third-order valence-corrected chi connectivity index (χ3v) is 6.24. The van der Waals surface area contributed by atoms with Crippen LogP contribution in [0.25, 0.3) is 0 Å². The highest BCUT2D eigenvalue weighted by molar-refractivity contribution is 5.86. The van der Waals surface area contributed by atoms with Crippen LogP contribution in [-0.4, -0.2) is 30.6 Å². The average molecular weight is 263 g/mol. The van der Waals surface area contributed by atoms with Crippen LogP contribution in [0, 0.1) is 23.7 Å². The molecule has 0 spiro atoms. The van der Waals surface area contributed by atoms with Crippen LogP contribution in [0.2, 0.25) is 0 Å². The lowest BCUT2D eigenvalue weighted by Gasteiger charge is -2.57. The van der Waals surface area contributed by atoms with Crippen LogP contribution in [0.5, 0.6) is 0 Å². The van der Waals surface area contributed by atoms with Gasteiger partial charge in [0.15, 0.2) is 0 Å². The Balaban J connectivity index is 1.72. The maximum Gasteiger partial charge on any atom is 0.141 e. The summed E-state index contributed by atoms with van der Waals surface area (Å²) in [6, 6.07) is 1.15. The Morgan fingerprint density at radius 1 is 1.05 bits per heavy atom. The van der Waals surface area contributed by atoms with E-state index in [1.54, 1.807) is 0 Å². The molecule has 4 nitrogen and oxygen atoms in total. The molecule has 4 aliphatic rings. The van der Waals surface area contributed by atoms with Crippen LogP contribution in [0.4, 0.5) is 0 Å². The molecule has 7 unspecified atom stereocenters. The summed E-state index contributed by atoms with van der Waals surface area (Å²) in [4.78, 5) is 12.9. The Morgan fingerprint density at radius 2 is 1.89 bits per heavy atom. The summed E-state index contributed by atoms with van der Waals surface area (Å²) in [7, 11) is 0. The second kappa shape index (κ2) is 4.54. The van der Waals surface area contributed by atoms with Crippen molar-refractivity contribution in [1.29, 1.82) is 0 Å². The fraction of sp³-hybridized carbons (Fsp3) is 0.933. The minimum atomic E-state index is 0.0980. The van der Waals surface area contributed by atoms with E-state index in [2.05, 4.69) is 10.6 Å². The van der Waals surface area contributed by atoms with Gasteiger partial charge in [-0.2, -0.15) is 0 Å². The molecule has 0 bridgehead atoms. The van der Waals surface area contributed by atoms with Crippen LogP contribution in [0.1, 0.15) is 38.5 Å². The first-order valence-corrected chi connectivity index (χ1v) is 8.03. The van der Waals surface area contributed by atoms with Gasteiger partial charge in [0.05, 0.1) is 0 Å². The summed E-state index contributed by atoms with van der Waals surface area (Å²) in [5, 5.41) is 7.24. The SMILES string of the molecule is NC1CCC2NCNC3C4CCCCC4C(=O)C1C23. The molecule has 1 heterocycles. The number of ketones is 1. The van der Waals surface area contributed by atoms with E-state index in [1.165, 1.54) is 19.3 Å². The lowest BCUT2D eigenvalue weighted by Crippen LogP contribution is -2.71. The summed E-state index contributed by atoms with van der Waals surface area (Å²) in [6.45, 7) is 0.908. The quantitative estimate of drug-likeness (QED) is 0.599. The maximum atomic E-state index is 12.9. The van der Waals surface area contributed by atoms with Crippen molar-refractivity contribution >= 4 is 5.78 Å². The third kappa shape index (κ3) is 1.73. The highest BCUT2D eigenvalue weighted by atomic mass is 16.1. The molecule has 0 aromatic heterocycles. The van der Waals surface area contributed by atoms with Crippen LogP contribution in [-0.2, 0) is 4.79 Å². The molecule has 0 aromatic carbocycles. The van der Waals surface area contributed by atoms with Gasteiger partial charge >= 0.3 is 0 Å². The molecule has 1 saturated heterocycles. The molecule has 4 heteroatoms. The zero-order chi connectivity index (χ0) is 13.0. The number of nitrogens with one attached hydrogen (secondary N) is 2. The van der Waals surface area contributed by atoms with Crippen molar-refractivity contribution in [3.8, 4) is 0 Å². The van der Waals surface area contributed by atoms with Gasteiger partial charge in [0.2, 0.25) is 0 Å². The monoisotopic (exact) mass is 263 g/mol. The van der Waals surface area contributed by atoms with Crippen molar-refractivity contribution in [1.82, 2.24) is 10.6 Å². The summed E-state index contributed by atoms with van der Waals surface area (Å²) in [5.41, 5.74) is 6.33. The van der Waals surface area contributed by atoms with Crippen LogP contribution < -0.4 is 16.4 Å².